The van der Waals surface area contributed by atoms with Crippen molar-refractivity contribution in [1.82, 2.24) is 4.90 Å². The Labute approximate surface area is 111 Å². The van der Waals surface area contributed by atoms with E-state index in [2.05, 4.69) is 38.7 Å². The van der Waals surface area contributed by atoms with Crippen molar-refractivity contribution in [3.8, 4) is 0 Å². The predicted molar refractivity (Wildman–Crippen MR) is 78.0 cm³/mol. The van der Waals surface area contributed by atoms with Crippen LogP contribution < -0.4 is 5.73 Å². The summed E-state index contributed by atoms with van der Waals surface area (Å²) in [5, 5.41) is 7.44. The van der Waals surface area contributed by atoms with E-state index in [9.17, 15) is 0 Å². The average Bonchev–Trinajstić information content (AvgIpc) is 2.29. The van der Waals surface area contributed by atoms with Gasteiger partial charge in [0.25, 0.3) is 0 Å². The molecule has 1 rings (SSSR count). The van der Waals surface area contributed by atoms with Gasteiger partial charge in [0.2, 0.25) is 0 Å². The van der Waals surface area contributed by atoms with Crippen molar-refractivity contribution in [3.05, 3.63) is 34.9 Å². The SMILES string of the molecule is CCN(Cc1ccc(C(=N)N)cc1C)CC(C)C. The van der Waals surface area contributed by atoms with Gasteiger partial charge in [-0.3, -0.25) is 10.3 Å². The number of aryl methyl sites for hydroxylation is 1. The summed E-state index contributed by atoms with van der Waals surface area (Å²) in [6.07, 6.45) is 0. The van der Waals surface area contributed by atoms with Gasteiger partial charge >= 0.3 is 0 Å². The lowest BCUT2D eigenvalue weighted by Crippen LogP contribution is -2.27. The molecule has 0 bridgehead atoms. The summed E-state index contributed by atoms with van der Waals surface area (Å²) < 4.78 is 0. The van der Waals surface area contributed by atoms with E-state index in [1.54, 1.807) is 0 Å². The lowest BCUT2D eigenvalue weighted by Gasteiger charge is -2.23. The Morgan fingerprint density at radius 2 is 2.06 bits per heavy atom. The van der Waals surface area contributed by atoms with Crippen LogP contribution in [0.1, 0.15) is 37.5 Å². The van der Waals surface area contributed by atoms with Crippen LogP contribution in [-0.4, -0.2) is 23.8 Å². The molecule has 0 aromatic heterocycles. The Bertz CT molecular complexity index is 410. The third-order valence-electron chi connectivity index (χ3n) is 3.12. The van der Waals surface area contributed by atoms with Crippen molar-refractivity contribution in [1.29, 1.82) is 5.41 Å². The molecule has 3 N–H and O–H groups in total. The highest BCUT2D eigenvalue weighted by Crippen LogP contribution is 2.14. The third-order valence-corrected chi connectivity index (χ3v) is 3.12. The lowest BCUT2D eigenvalue weighted by atomic mass is 10.0. The van der Waals surface area contributed by atoms with Crippen molar-refractivity contribution in [2.45, 2.75) is 34.2 Å². The van der Waals surface area contributed by atoms with Crippen molar-refractivity contribution in [3.63, 3.8) is 0 Å². The molecule has 0 aliphatic rings. The number of benzene rings is 1. The van der Waals surface area contributed by atoms with E-state index in [-0.39, 0.29) is 5.84 Å². The molecule has 3 heteroatoms. The topological polar surface area (TPSA) is 53.1 Å². The number of nitrogens with one attached hydrogen (secondary N) is 1. The Morgan fingerprint density at radius 3 is 2.50 bits per heavy atom. The van der Waals surface area contributed by atoms with Crippen LogP contribution in [0, 0.1) is 18.3 Å². The molecule has 3 nitrogen and oxygen atoms in total. The van der Waals surface area contributed by atoms with Crippen molar-refractivity contribution < 1.29 is 0 Å². The first-order valence-corrected chi connectivity index (χ1v) is 6.60. The lowest BCUT2D eigenvalue weighted by molar-refractivity contribution is 0.248. The standard InChI is InChI=1S/C15H25N3/c1-5-18(9-11(2)3)10-14-7-6-13(15(16)17)8-12(14)4/h6-8,11H,5,9-10H2,1-4H3,(H3,16,17). The summed E-state index contributed by atoms with van der Waals surface area (Å²) in [5.74, 6) is 0.820. The van der Waals surface area contributed by atoms with Gasteiger partial charge in [-0.05, 0) is 36.6 Å². The Hall–Kier alpha value is -1.35. The normalized spacial score (nSPS) is 11.2. The maximum absolute atomic E-state index is 7.44. The summed E-state index contributed by atoms with van der Waals surface area (Å²) >= 11 is 0. The number of rotatable bonds is 6. The van der Waals surface area contributed by atoms with Crippen LogP contribution in [0.5, 0.6) is 0 Å². The molecule has 1 aromatic rings. The molecule has 0 aliphatic carbocycles. The quantitative estimate of drug-likeness (QED) is 0.600. The van der Waals surface area contributed by atoms with Crippen LogP contribution in [0.4, 0.5) is 0 Å². The highest BCUT2D eigenvalue weighted by molar-refractivity contribution is 5.95. The van der Waals surface area contributed by atoms with E-state index in [1.807, 2.05) is 12.1 Å². The van der Waals surface area contributed by atoms with E-state index >= 15 is 0 Å². The van der Waals surface area contributed by atoms with Gasteiger partial charge in [-0.1, -0.05) is 32.9 Å². The molecule has 0 fully saturated rings. The molecule has 1 aromatic carbocycles. The highest BCUT2D eigenvalue weighted by Gasteiger charge is 2.08. The minimum atomic E-state index is 0.138. The maximum Gasteiger partial charge on any atom is 0.122 e. The summed E-state index contributed by atoms with van der Waals surface area (Å²) in [6, 6.07) is 6.03. The van der Waals surface area contributed by atoms with E-state index in [0.29, 0.717) is 5.92 Å². The van der Waals surface area contributed by atoms with E-state index < -0.39 is 0 Å². The van der Waals surface area contributed by atoms with Crippen LogP contribution >= 0.6 is 0 Å². The molecule has 18 heavy (non-hydrogen) atoms. The molecule has 0 spiro atoms. The first-order valence-electron chi connectivity index (χ1n) is 6.60. The Morgan fingerprint density at radius 1 is 1.39 bits per heavy atom. The maximum atomic E-state index is 7.44. The van der Waals surface area contributed by atoms with E-state index in [1.165, 1.54) is 11.1 Å². The number of nitrogens with zero attached hydrogens (tertiary/aromatic N) is 1. The largest absolute Gasteiger partial charge is 0.384 e. The second-order valence-corrected chi connectivity index (χ2v) is 5.28. The van der Waals surface area contributed by atoms with Crippen LogP contribution in [0.2, 0.25) is 0 Å². The van der Waals surface area contributed by atoms with Gasteiger partial charge in [0.15, 0.2) is 0 Å². The Kier molecular flexibility index (Phi) is 5.35. The van der Waals surface area contributed by atoms with Crippen LogP contribution in [0.3, 0.4) is 0 Å². The second-order valence-electron chi connectivity index (χ2n) is 5.28. The smallest absolute Gasteiger partial charge is 0.122 e. The minimum absolute atomic E-state index is 0.138. The number of nitrogens with two attached hydrogens (primary N) is 1. The zero-order valence-corrected chi connectivity index (χ0v) is 12.0. The average molecular weight is 247 g/mol. The van der Waals surface area contributed by atoms with Crippen LogP contribution in [0.25, 0.3) is 0 Å². The van der Waals surface area contributed by atoms with Gasteiger partial charge in [0.1, 0.15) is 5.84 Å². The molecule has 0 saturated heterocycles. The molecule has 0 heterocycles. The number of amidine groups is 1. The summed E-state index contributed by atoms with van der Waals surface area (Å²) in [5.41, 5.74) is 8.84. The first kappa shape index (κ1) is 14.7. The van der Waals surface area contributed by atoms with Gasteiger partial charge in [-0.2, -0.15) is 0 Å². The predicted octanol–water partition coefficient (Wildman–Crippen LogP) is 2.76. The molecule has 0 radical (unpaired) electrons. The minimum Gasteiger partial charge on any atom is -0.384 e. The van der Waals surface area contributed by atoms with Gasteiger partial charge in [-0.25, -0.2) is 0 Å². The molecule has 0 atom stereocenters. The van der Waals surface area contributed by atoms with Crippen molar-refractivity contribution >= 4 is 5.84 Å². The second kappa shape index (κ2) is 6.55. The Balaban J connectivity index is 2.80. The van der Waals surface area contributed by atoms with Crippen molar-refractivity contribution in [2.24, 2.45) is 11.7 Å². The molecular weight excluding hydrogens is 222 g/mol. The van der Waals surface area contributed by atoms with E-state index in [4.69, 9.17) is 11.1 Å². The third kappa shape index (κ3) is 4.15. The first-order chi connectivity index (χ1) is 8.43. The van der Waals surface area contributed by atoms with Crippen LogP contribution in [0.15, 0.2) is 18.2 Å². The number of hydrogen-bond acceptors (Lipinski definition) is 2. The fraction of sp³-hybridized carbons (Fsp3) is 0.533. The monoisotopic (exact) mass is 247 g/mol. The molecule has 0 saturated carbocycles. The highest BCUT2D eigenvalue weighted by atomic mass is 15.1. The van der Waals surface area contributed by atoms with Gasteiger partial charge in [0.05, 0.1) is 0 Å². The number of hydrogen-bond donors (Lipinski definition) is 2. The molecular formula is C15H25N3. The molecule has 0 aliphatic heterocycles. The van der Waals surface area contributed by atoms with Crippen molar-refractivity contribution in [2.75, 3.05) is 13.1 Å². The van der Waals surface area contributed by atoms with Gasteiger partial charge in [-0.15, -0.1) is 0 Å². The summed E-state index contributed by atoms with van der Waals surface area (Å²) in [7, 11) is 0. The van der Waals surface area contributed by atoms with Gasteiger partial charge < -0.3 is 5.73 Å². The molecule has 0 amide bonds. The summed E-state index contributed by atoms with van der Waals surface area (Å²) in [6.45, 7) is 11.9. The zero-order chi connectivity index (χ0) is 13.7. The zero-order valence-electron chi connectivity index (χ0n) is 12.0. The summed E-state index contributed by atoms with van der Waals surface area (Å²) in [4.78, 5) is 2.44. The fourth-order valence-electron chi connectivity index (χ4n) is 2.10. The van der Waals surface area contributed by atoms with Crippen LogP contribution in [-0.2, 0) is 6.54 Å². The van der Waals surface area contributed by atoms with E-state index in [0.717, 1.165) is 25.2 Å². The molecule has 100 valence electrons. The fourth-order valence-corrected chi connectivity index (χ4v) is 2.10. The van der Waals surface area contributed by atoms with Gasteiger partial charge in [0, 0.05) is 18.7 Å². The molecule has 0 unspecified atom stereocenters. The number of nitrogen functional groups attached to an aromatic ring is 1.